The van der Waals surface area contributed by atoms with Crippen molar-refractivity contribution in [1.82, 2.24) is 0 Å². The van der Waals surface area contributed by atoms with Crippen LogP contribution in [-0.2, 0) is 21.0 Å². The third-order valence-electron chi connectivity index (χ3n) is 4.17. The Bertz CT molecular complexity index is 638. The SMILES string of the molecule is c1ccc2c(c1)CSCCOCCSCc1ccccc1OCCOCCO2. The van der Waals surface area contributed by atoms with E-state index >= 15 is 0 Å². The van der Waals surface area contributed by atoms with Crippen molar-refractivity contribution in [3.8, 4) is 11.5 Å². The average Bonchev–Trinajstić information content (AvgIpc) is 2.73. The number of hydrogen-bond acceptors (Lipinski definition) is 6. The molecule has 6 heteroatoms. The van der Waals surface area contributed by atoms with Gasteiger partial charge in [0.05, 0.1) is 26.4 Å². The van der Waals surface area contributed by atoms with E-state index in [9.17, 15) is 0 Å². The molecule has 2 aromatic carbocycles. The summed E-state index contributed by atoms with van der Waals surface area (Å²) in [6, 6.07) is 16.4. The van der Waals surface area contributed by atoms with Gasteiger partial charge in [0.25, 0.3) is 0 Å². The van der Waals surface area contributed by atoms with Gasteiger partial charge in [0.1, 0.15) is 24.7 Å². The van der Waals surface area contributed by atoms with Crippen LogP contribution in [0.1, 0.15) is 11.1 Å². The summed E-state index contributed by atoms with van der Waals surface area (Å²) in [6.07, 6.45) is 0. The summed E-state index contributed by atoms with van der Waals surface area (Å²) in [5, 5.41) is 0. The second kappa shape index (κ2) is 13.0. The second-order valence-corrected chi connectivity index (χ2v) is 8.45. The zero-order valence-corrected chi connectivity index (χ0v) is 17.8. The molecule has 0 aromatic heterocycles. The van der Waals surface area contributed by atoms with Gasteiger partial charge in [-0.25, -0.2) is 0 Å². The van der Waals surface area contributed by atoms with Gasteiger partial charge in [0.15, 0.2) is 0 Å². The Kier molecular flexibility index (Phi) is 9.91. The van der Waals surface area contributed by atoms with E-state index in [0.717, 1.165) is 47.7 Å². The summed E-state index contributed by atoms with van der Waals surface area (Å²) < 4.78 is 23.3. The van der Waals surface area contributed by atoms with Gasteiger partial charge in [0.2, 0.25) is 0 Å². The van der Waals surface area contributed by atoms with E-state index in [1.54, 1.807) is 0 Å². The number of para-hydroxylation sites is 2. The van der Waals surface area contributed by atoms with Gasteiger partial charge in [-0.05, 0) is 12.1 Å². The van der Waals surface area contributed by atoms with Crippen LogP contribution in [0.3, 0.4) is 0 Å². The van der Waals surface area contributed by atoms with Crippen molar-refractivity contribution in [3.05, 3.63) is 59.7 Å². The van der Waals surface area contributed by atoms with Crippen molar-refractivity contribution < 1.29 is 18.9 Å². The predicted molar refractivity (Wildman–Crippen MR) is 118 cm³/mol. The number of thioether (sulfide) groups is 2. The molecule has 0 aliphatic carbocycles. The van der Waals surface area contributed by atoms with E-state index < -0.39 is 0 Å². The van der Waals surface area contributed by atoms with E-state index in [2.05, 4.69) is 24.3 Å². The van der Waals surface area contributed by atoms with Gasteiger partial charge in [-0.15, -0.1) is 0 Å². The molecule has 0 atom stereocenters. The standard InChI is InChI=1S/C22H28O4S2/c1-3-7-21-19(5-1)17-27-15-13-24-14-16-28-18-20-6-2-4-8-22(20)26-12-10-23-9-11-25-21/h1-8H,9-18H2. The zero-order valence-electron chi connectivity index (χ0n) is 16.1. The fourth-order valence-corrected chi connectivity index (χ4v) is 4.43. The third kappa shape index (κ3) is 7.59. The maximum Gasteiger partial charge on any atom is 0.123 e. The normalized spacial score (nSPS) is 18.0. The lowest BCUT2D eigenvalue weighted by molar-refractivity contribution is 0.0761. The van der Waals surface area contributed by atoms with E-state index in [0.29, 0.717) is 26.4 Å². The van der Waals surface area contributed by atoms with Crippen LogP contribution in [0, 0.1) is 0 Å². The van der Waals surface area contributed by atoms with Gasteiger partial charge in [-0.2, -0.15) is 23.5 Å². The smallest absolute Gasteiger partial charge is 0.123 e. The van der Waals surface area contributed by atoms with Gasteiger partial charge < -0.3 is 18.9 Å². The fourth-order valence-electron chi connectivity index (χ4n) is 2.75. The molecule has 0 saturated carbocycles. The Morgan fingerprint density at radius 1 is 0.536 bits per heavy atom. The van der Waals surface area contributed by atoms with Crippen LogP contribution in [0.4, 0.5) is 0 Å². The highest BCUT2D eigenvalue weighted by Gasteiger charge is 2.05. The third-order valence-corrected chi connectivity index (χ3v) is 6.12. The summed E-state index contributed by atoms with van der Waals surface area (Å²) in [5.41, 5.74) is 2.44. The van der Waals surface area contributed by atoms with Crippen LogP contribution in [0.5, 0.6) is 11.5 Å². The van der Waals surface area contributed by atoms with Gasteiger partial charge >= 0.3 is 0 Å². The van der Waals surface area contributed by atoms with Crippen LogP contribution < -0.4 is 9.47 Å². The van der Waals surface area contributed by atoms with Crippen LogP contribution in [0.25, 0.3) is 0 Å². The molecule has 0 amide bonds. The van der Waals surface area contributed by atoms with Crippen LogP contribution >= 0.6 is 23.5 Å². The first-order valence-electron chi connectivity index (χ1n) is 9.66. The van der Waals surface area contributed by atoms with E-state index in [1.807, 2.05) is 47.8 Å². The molecular weight excluding hydrogens is 392 g/mol. The molecule has 0 spiro atoms. The Hall–Kier alpha value is -1.34. The Balaban J connectivity index is 1.53. The highest BCUT2D eigenvalue weighted by Crippen LogP contribution is 2.24. The summed E-state index contributed by atoms with van der Waals surface area (Å²) in [4.78, 5) is 0. The second-order valence-electron chi connectivity index (χ2n) is 6.24. The summed E-state index contributed by atoms with van der Waals surface area (Å²) in [6.45, 7) is 3.74. The molecule has 28 heavy (non-hydrogen) atoms. The summed E-state index contributed by atoms with van der Waals surface area (Å²) in [5.74, 6) is 5.71. The molecule has 0 unspecified atom stereocenters. The molecule has 2 aromatic rings. The Morgan fingerprint density at radius 3 is 1.54 bits per heavy atom. The van der Waals surface area contributed by atoms with Gasteiger partial charge in [-0.1, -0.05) is 36.4 Å². The molecular formula is C22H28O4S2. The molecule has 1 aliphatic heterocycles. The highest BCUT2D eigenvalue weighted by atomic mass is 32.2. The first kappa shape index (κ1) is 21.4. The first-order valence-corrected chi connectivity index (χ1v) is 12.0. The summed E-state index contributed by atoms with van der Waals surface area (Å²) >= 11 is 3.75. The van der Waals surface area contributed by atoms with E-state index in [-0.39, 0.29) is 0 Å². The van der Waals surface area contributed by atoms with Gasteiger partial charge in [0, 0.05) is 34.1 Å². The Labute approximate surface area is 176 Å². The van der Waals surface area contributed by atoms with Crippen molar-refractivity contribution in [1.29, 1.82) is 0 Å². The molecule has 1 heterocycles. The lowest BCUT2D eigenvalue weighted by atomic mass is 10.2. The minimum absolute atomic E-state index is 0.540. The number of ether oxygens (including phenoxy) is 4. The number of rotatable bonds is 0. The van der Waals surface area contributed by atoms with Crippen molar-refractivity contribution in [2.24, 2.45) is 0 Å². The molecule has 0 N–H and O–H groups in total. The minimum Gasteiger partial charge on any atom is -0.491 e. The van der Waals surface area contributed by atoms with Crippen LogP contribution in [-0.4, -0.2) is 51.1 Å². The number of fused-ring (bicyclic) bond motifs is 2. The maximum absolute atomic E-state index is 5.91. The quantitative estimate of drug-likeness (QED) is 0.617. The van der Waals surface area contributed by atoms with Crippen molar-refractivity contribution in [3.63, 3.8) is 0 Å². The lowest BCUT2D eigenvalue weighted by Crippen LogP contribution is -2.13. The molecule has 0 radical (unpaired) electrons. The Morgan fingerprint density at radius 2 is 1.00 bits per heavy atom. The minimum atomic E-state index is 0.540. The van der Waals surface area contributed by atoms with Crippen molar-refractivity contribution in [2.45, 2.75) is 11.5 Å². The molecule has 1 aliphatic rings. The van der Waals surface area contributed by atoms with E-state index in [1.165, 1.54) is 11.1 Å². The summed E-state index contributed by atoms with van der Waals surface area (Å²) in [7, 11) is 0. The maximum atomic E-state index is 5.91. The van der Waals surface area contributed by atoms with Gasteiger partial charge in [-0.3, -0.25) is 0 Å². The molecule has 0 saturated heterocycles. The van der Waals surface area contributed by atoms with Crippen LogP contribution in [0.15, 0.2) is 48.5 Å². The number of hydrogen-bond donors (Lipinski definition) is 0. The highest BCUT2D eigenvalue weighted by molar-refractivity contribution is 7.98. The fraction of sp³-hybridized carbons (Fsp3) is 0.455. The lowest BCUT2D eigenvalue weighted by Gasteiger charge is -2.13. The van der Waals surface area contributed by atoms with Crippen molar-refractivity contribution >= 4 is 23.5 Å². The molecule has 3 rings (SSSR count). The number of benzene rings is 2. The van der Waals surface area contributed by atoms with Crippen LogP contribution in [0.2, 0.25) is 0 Å². The monoisotopic (exact) mass is 420 g/mol. The molecule has 152 valence electrons. The molecule has 0 fully saturated rings. The first-order chi connectivity index (χ1) is 13.9. The molecule has 0 bridgehead atoms. The molecule has 4 nitrogen and oxygen atoms in total. The largest absolute Gasteiger partial charge is 0.491 e. The topological polar surface area (TPSA) is 36.9 Å². The van der Waals surface area contributed by atoms with E-state index in [4.69, 9.17) is 18.9 Å². The predicted octanol–water partition coefficient (Wildman–Crippen LogP) is 4.66. The zero-order chi connectivity index (χ0) is 19.3. The van der Waals surface area contributed by atoms with Crippen molar-refractivity contribution in [2.75, 3.05) is 51.1 Å². The average molecular weight is 421 g/mol.